The van der Waals surface area contributed by atoms with E-state index in [9.17, 15) is 0 Å². The molecule has 0 unspecified atom stereocenters. The van der Waals surface area contributed by atoms with E-state index >= 15 is 0 Å². The summed E-state index contributed by atoms with van der Waals surface area (Å²) in [5.74, 6) is 2.12. The van der Waals surface area contributed by atoms with Gasteiger partial charge < -0.3 is 9.64 Å². The lowest BCUT2D eigenvalue weighted by Gasteiger charge is -2.28. The van der Waals surface area contributed by atoms with Crippen LogP contribution in [0.1, 0.15) is 11.1 Å². The van der Waals surface area contributed by atoms with Gasteiger partial charge in [-0.25, -0.2) is 9.97 Å². The van der Waals surface area contributed by atoms with Crippen LogP contribution in [0.4, 0.5) is 11.6 Å². The SMILES string of the molecule is Cc1cccc(/C=N/Nc2cc(N3CCOCC3)nc(-c3cccc(-c4ccccn4)c3)n2)c1. The monoisotopic (exact) mass is 450 g/mol. The van der Waals surface area contributed by atoms with Crippen LogP contribution in [0.2, 0.25) is 0 Å². The standard InChI is InChI=1S/C27H26N6O/c1-20-6-4-7-21(16-20)19-29-32-25-18-26(33-12-14-34-15-13-33)31-27(30-25)23-9-5-8-22(17-23)24-10-2-3-11-28-24/h2-11,16-19H,12-15H2,1H3,(H,30,31,32)/b29-19+. The fourth-order valence-electron chi connectivity index (χ4n) is 3.85. The number of anilines is 2. The Balaban J connectivity index is 1.48. The second-order valence-electron chi connectivity index (χ2n) is 8.11. The molecule has 1 saturated heterocycles. The van der Waals surface area contributed by atoms with Crippen LogP contribution in [0, 0.1) is 6.92 Å². The van der Waals surface area contributed by atoms with Crippen LogP contribution in [0.15, 0.2) is 84.1 Å². The second kappa shape index (κ2) is 10.2. The molecule has 0 radical (unpaired) electrons. The fourth-order valence-corrected chi connectivity index (χ4v) is 3.85. The van der Waals surface area contributed by atoms with E-state index in [2.05, 4.69) is 45.5 Å². The molecule has 170 valence electrons. The Bertz CT molecular complexity index is 1290. The lowest BCUT2D eigenvalue weighted by Crippen LogP contribution is -2.36. The summed E-state index contributed by atoms with van der Waals surface area (Å²) in [6.07, 6.45) is 3.59. The van der Waals surface area contributed by atoms with Crippen LogP contribution in [-0.4, -0.2) is 47.5 Å². The number of hydrazone groups is 1. The van der Waals surface area contributed by atoms with Crippen LogP contribution in [0.25, 0.3) is 22.6 Å². The van der Waals surface area contributed by atoms with Crippen molar-refractivity contribution in [2.24, 2.45) is 5.10 Å². The van der Waals surface area contributed by atoms with Crippen molar-refractivity contribution in [3.8, 4) is 22.6 Å². The van der Waals surface area contributed by atoms with Crippen molar-refractivity contribution in [1.82, 2.24) is 15.0 Å². The van der Waals surface area contributed by atoms with E-state index in [0.717, 1.165) is 41.3 Å². The number of rotatable bonds is 6. The quantitative estimate of drug-likeness (QED) is 0.336. The first-order chi connectivity index (χ1) is 16.7. The topological polar surface area (TPSA) is 75.5 Å². The van der Waals surface area contributed by atoms with Crippen LogP contribution in [0.5, 0.6) is 0 Å². The smallest absolute Gasteiger partial charge is 0.163 e. The van der Waals surface area contributed by atoms with Gasteiger partial charge in [0.2, 0.25) is 0 Å². The molecule has 0 saturated carbocycles. The second-order valence-corrected chi connectivity index (χ2v) is 8.11. The third-order valence-electron chi connectivity index (χ3n) is 5.56. The molecular weight excluding hydrogens is 424 g/mol. The van der Waals surface area contributed by atoms with Crippen LogP contribution >= 0.6 is 0 Å². The third kappa shape index (κ3) is 5.27. The number of hydrogen-bond acceptors (Lipinski definition) is 7. The summed E-state index contributed by atoms with van der Waals surface area (Å²) < 4.78 is 5.52. The van der Waals surface area contributed by atoms with Gasteiger partial charge in [-0.3, -0.25) is 10.4 Å². The molecule has 1 fully saturated rings. The summed E-state index contributed by atoms with van der Waals surface area (Å²) in [5, 5.41) is 4.42. The van der Waals surface area contributed by atoms with Gasteiger partial charge in [0, 0.05) is 36.5 Å². The predicted octanol–water partition coefficient (Wildman–Crippen LogP) is 4.80. The van der Waals surface area contributed by atoms with Gasteiger partial charge in [0.25, 0.3) is 0 Å². The van der Waals surface area contributed by atoms with Gasteiger partial charge in [-0.05, 0) is 30.7 Å². The number of ether oxygens (including phenoxy) is 1. The molecule has 2 aromatic carbocycles. The molecule has 1 aliphatic heterocycles. The van der Waals surface area contributed by atoms with E-state index in [1.807, 2.05) is 54.6 Å². The predicted molar refractivity (Wildman–Crippen MR) is 136 cm³/mol. The lowest BCUT2D eigenvalue weighted by molar-refractivity contribution is 0.122. The van der Waals surface area contributed by atoms with Crippen molar-refractivity contribution in [2.45, 2.75) is 6.92 Å². The molecule has 5 rings (SSSR count). The number of hydrogen-bond donors (Lipinski definition) is 1. The highest BCUT2D eigenvalue weighted by Gasteiger charge is 2.16. The molecule has 0 aliphatic carbocycles. The summed E-state index contributed by atoms with van der Waals surface area (Å²) >= 11 is 0. The Morgan fingerprint density at radius 2 is 1.76 bits per heavy atom. The number of aryl methyl sites for hydroxylation is 1. The van der Waals surface area contributed by atoms with E-state index in [1.54, 1.807) is 12.4 Å². The minimum Gasteiger partial charge on any atom is -0.378 e. The summed E-state index contributed by atoms with van der Waals surface area (Å²) in [6.45, 7) is 5.01. The Kier molecular flexibility index (Phi) is 6.54. The molecular formula is C27H26N6O. The maximum absolute atomic E-state index is 5.52. The van der Waals surface area contributed by atoms with Crippen molar-refractivity contribution >= 4 is 17.9 Å². The van der Waals surface area contributed by atoms with E-state index in [4.69, 9.17) is 14.7 Å². The van der Waals surface area contributed by atoms with Crippen molar-refractivity contribution < 1.29 is 4.74 Å². The van der Waals surface area contributed by atoms with Crippen LogP contribution in [-0.2, 0) is 4.74 Å². The van der Waals surface area contributed by atoms with Crippen LogP contribution < -0.4 is 10.3 Å². The minimum atomic E-state index is 0.634. The average Bonchev–Trinajstić information content (AvgIpc) is 2.90. The number of morpholine rings is 1. The number of pyridine rings is 1. The molecule has 0 bridgehead atoms. The Hall–Kier alpha value is -4.10. The van der Waals surface area contributed by atoms with Crippen LogP contribution in [0.3, 0.4) is 0 Å². The van der Waals surface area contributed by atoms with Gasteiger partial charge in [-0.1, -0.05) is 54.1 Å². The largest absolute Gasteiger partial charge is 0.378 e. The molecule has 1 aliphatic rings. The zero-order chi connectivity index (χ0) is 23.2. The number of nitrogens with zero attached hydrogens (tertiary/aromatic N) is 5. The molecule has 2 aromatic heterocycles. The number of nitrogens with one attached hydrogen (secondary N) is 1. The molecule has 34 heavy (non-hydrogen) atoms. The maximum Gasteiger partial charge on any atom is 0.163 e. The third-order valence-corrected chi connectivity index (χ3v) is 5.56. The van der Waals surface area contributed by atoms with E-state index in [-0.39, 0.29) is 0 Å². The molecule has 0 amide bonds. The Morgan fingerprint density at radius 1 is 0.912 bits per heavy atom. The number of benzene rings is 2. The van der Waals surface area contributed by atoms with Crippen molar-refractivity contribution in [3.05, 3.63) is 90.1 Å². The van der Waals surface area contributed by atoms with Gasteiger partial charge in [-0.2, -0.15) is 5.10 Å². The highest BCUT2D eigenvalue weighted by atomic mass is 16.5. The maximum atomic E-state index is 5.52. The van der Waals surface area contributed by atoms with Crippen molar-refractivity contribution in [1.29, 1.82) is 0 Å². The van der Waals surface area contributed by atoms with Gasteiger partial charge in [-0.15, -0.1) is 0 Å². The lowest BCUT2D eigenvalue weighted by atomic mass is 10.1. The average molecular weight is 451 g/mol. The Labute approximate surface area is 199 Å². The Morgan fingerprint density at radius 3 is 2.59 bits per heavy atom. The molecule has 3 heterocycles. The first kappa shape index (κ1) is 21.7. The molecule has 7 heteroatoms. The molecule has 4 aromatic rings. The zero-order valence-electron chi connectivity index (χ0n) is 19.1. The molecule has 0 atom stereocenters. The first-order valence-corrected chi connectivity index (χ1v) is 11.3. The van der Waals surface area contributed by atoms with E-state index < -0.39 is 0 Å². The fraction of sp³-hybridized carbons (Fsp3) is 0.185. The minimum absolute atomic E-state index is 0.634. The molecule has 7 nitrogen and oxygen atoms in total. The molecule has 0 spiro atoms. The zero-order valence-corrected chi connectivity index (χ0v) is 19.1. The summed E-state index contributed by atoms with van der Waals surface area (Å²) in [5.41, 5.74) is 8.16. The van der Waals surface area contributed by atoms with Crippen molar-refractivity contribution in [3.63, 3.8) is 0 Å². The van der Waals surface area contributed by atoms with Crippen molar-refractivity contribution in [2.75, 3.05) is 36.6 Å². The van der Waals surface area contributed by atoms with Gasteiger partial charge in [0.05, 0.1) is 25.1 Å². The summed E-state index contributed by atoms with van der Waals surface area (Å²) in [4.78, 5) is 16.3. The van der Waals surface area contributed by atoms with Gasteiger partial charge >= 0.3 is 0 Å². The first-order valence-electron chi connectivity index (χ1n) is 11.3. The van der Waals surface area contributed by atoms with E-state index in [1.165, 1.54) is 5.56 Å². The molecule has 1 N–H and O–H groups in total. The highest BCUT2D eigenvalue weighted by molar-refractivity contribution is 5.80. The van der Waals surface area contributed by atoms with Gasteiger partial charge in [0.15, 0.2) is 11.6 Å². The van der Waals surface area contributed by atoms with E-state index in [0.29, 0.717) is 24.9 Å². The summed E-state index contributed by atoms with van der Waals surface area (Å²) in [7, 11) is 0. The highest BCUT2D eigenvalue weighted by Crippen LogP contribution is 2.26. The normalized spacial score (nSPS) is 13.9. The van der Waals surface area contributed by atoms with Gasteiger partial charge in [0.1, 0.15) is 5.82 Å². The summed E-state index contributed by atoms with van der Waals surface area (Å²) in [6, 6.07) is 24.2. The number of aromatic nitrogens is 3.